The van der Waals surface area contributed by atoms with E-state index in [2.05, 4.69) is 10.3 Å². The molecule has 7 heteroatoms. The van der Waals surface area contributed by atoms with Crippen LogP contribution in [0.3, 0.4) is 0 Å². The van der Waals surface area contributed by atoms with Crippen LogP contribution in [0.5, 0.6) is 0 Å². The summed E-state index contributed by atoms with van der Waals surface area (Å²) in [6.07, 6.45) is 0.628. The van der Waals surface area contributed by atoms with Gasteiger partial charge in [-0.25, -0.2) is 0 Å². The summed E-state index contributed by atoms with van der Waals surface area (Å²) < 4.78 is 1.84. The van der Waals surface area contributed by atoms with Gasteiger partial charge in [0.05, 0.1) is 10.9 Å². The van der Waals surface area contributed by atoms with E-state index in [0.29, 0.717) is 39.2 Å². The van der Waals surface area contributed by atoms with Crippen molar-refractivity contribution >= 4 is 40.6 Å². The second-order valence-electron chi connectivity index (χ2n) is 6.41. The first kappa shape index (κ1) is 19.3. The number of fused-ring (bicyclic) bond motifs is 1. The zero-order valence-electron chi connectivity index (χ0n) is 15.1. The van der Waals surface area contributed by atoms with Gasteiger partial charge in [-0.2, -0.15) is 0 Å². The topological polar surface area (TPSA) is 66.9 Å². The van der Waals surface area contributed by atoms with Crippen molar-refractivity contribution in [1.29, 1.82) is 0 Å². The monoisotopic (exact) mass is 401 g/mol. The second-order valence-corrected chi connectivity index (χ2v) is 7.20. The van der Waals surface area contributed by atoms with Crippen LogP contribution in [-0.2, 0) is 13.0 Å². The third-order valence-corrected chi connectivity index (χ3v) is 5.11. The number of hydrogen-bond donors (Lipinski definition) is 2. The third kappa shape index (κ3) is 4.12. The molecule has 1 aromatic heterocycles. The summed E-state index contributed by atoms with van der Waals surface area (Å²) in [6.45, 7) is 4.28. The summed E-state index contributed by atoms with van der Waals surface area (Å²) in [5.74, 6) is -0.213. The number of amides is 1. The summed E-state index contributed by atoms with van der Waals surface area (Å²) >= 11 is 11.4. The van der Waals surface area contributed by atoms with Gasteiger partial charge in [-0.3, -0.25) is 14.2 Å². The Balaban J connectivity index is 1.82. The van der Waals surface area contributed by atoms with Crippen molar-refractivity contribution in [3.8, 4) is 0 Å². The predicted molar refractivity (Wildman–Crippen MR) is 111 cm³/mol. The SMILES string of the molecule is CCn1c(=S)[nH]c2cc(C(=O)N[C@@H](C)Cc3ccccc3Cl)ccc2c1=O. The van der Waals surface area contributed by atoms with E-state index < -0.39 is 0 Å². The minimum atomic E-state index is -0.213. The van der Waals surface area contributed by atoms with Crippen LogP contribution in [0.1, 0.15) is 29.8 Å². The Labute approximate surface area is 167 Å². The quantitative estimate of drug-likeness (QED) is 0.632. The Kier molecular flexibility index (Phi) is 5.77. The maximum atomic E-state index is 12.6. The van der Waals surface area contributed by atoms with E-state index in [1.165, 1.54) is 4.57 Å². The highest BCUT2D eigenvalue weighted by molar-refractivity contribution is 7.71. The molecule has 2 N–H and O–H groups in total. The number of aromatic amines is 1. The molecule has 140 valence electrons. The lowest BCUT2D eigenvalue weighted by Gasteiger charge is -2.15. The number of aromatic nitrogens is 2. The number of rotatable bonds is 5. The van der Waals surface area contributed by atoms with Crippen molar-refractivity contribution in [2.75, 3.05) is 0 Å². The fourth-order valence-corrected chi connectivity index (χ4v) is 3.57. The molecule has 0 spiro atoms. The molecule has 0 saturated carbocycles. The zero-order valence-corrected chi connectivity index (χ0v) is 16.7. The second kappa shape index (κ2) is 8.06. The van der Waals surface area contributed by atoms with Gasteiger partial charge in [-0.05, 0) is 62.3 Å². The van der Waals surface area contributed by atoms with Crippen LogP contribution in [0.4, 0.5) is 0 Å². The van der Waals surface area contributed by atoms with Crippen LogP contribution in [0.2, 0.25) is 5.02 Å². The number of nitrogens with zero attached hydrogens (tertiary/aromatic N) is 1. The molecule has 0 unspecified atom stereocenters. The summed E-state index contributed by atoms with van der Waals surface area (Å²) in [5.41, 5.74) is 1.85. The number of carbonyl (C=O) groups is 1. The molecule has 0 bridgehead atoms. The molecule has 27 heavy (non-hydrogen) atoms. The first-order valence-corrected chi connectivity index (χ1v) is 9.50. The van der Waals surface area contributed by atoms with Gasteiger partial charge in [-0.1, -0.05) is 29.8 Å². The van der Waals surface area contributed by atoms with Gasteiger partial charge in [0.25, 0.3) is 11.5 Å². The predicted octanol–water partition coefficient (Wildman–Crippen LogP) is 4.09. The van der Waals surface area contributed by atoms with E-state index in [0.717, 1.165) is 5.56 Å². The Bertz CT molecular complexity index is 1120. The van der Waals surface area contributed by atoms with Crippen molar-refractivity contribution in [3.63, 3.8) is 0 Å². The van der Waals surface area contributed by atoms with Gasteiger partial charge >= 0.3 is 0 Å². The molecule has 0 aliphatic carbocycles. The molecule has 0 fully saturated rings. The summed E-state index contributed by atoms with van der Waals surface area (Å²) in [6, 6.07) is 12.4. The number of benzene rings is 2. The molecule has 3 rings (SSSR count). The Morgan fingerprint density at radius 2 is 2.04 bits per heavy atom. The van der Waals surface area contributed by atoms with Gasteiger partial charge in [0.2, 0.25) is 0 Å². The molecular formula is C20H20ClN3O2S. The van der Waals surface area contributed by atoms with Crippen molar-refractivity contribution in [2.45, 2.75) is 32.9 Å². The molecule has 0 aliphatic rings. The van der Waals surface area contributed by atoms with Crippen LogP contribution >= 0.6 is 23.8 Å². The molecule has 1 heterocycles. The highest BCUT2D eigenvalue weighted by Crippen LogP contribution is 2.17. The van der Waals surface area contributed by atoms with E-state index in [9.17, 15) is 9.59 Å². The Morgan fingerprint density at radius 3 is 2.74 bits per heavy atom. The molecule has 0 aliphatic heterocycles. The number of nitrogens with one attached hydrogen (secondary N) is 2. The lowest BCUT2D eigenvalue weighted by molar-refractivity contribution is 0.0940. The minimum Gasteiger partial charge on any atom is -0.349 e. The molecule has 3 aromatic rings. The number of carbonyl (C=O) groups excluding carboxylic acids is 1. The number of halogens is 1. The lowest BCUT2D eigenvalue weighted by atomic mass is 10.1. The van der Waals surface area contributed by atoms with Gasteiger partial charge < -0.3 is 10.3 Å². The minimum absolute atomic E-state index is 0.0975. The molecule has 0 radical (unpaired) electrons. The highest BCUT2D eigenvalue weighted by atomic mass is 35.5. The Morgan fingerprint density at radius 1 is 1.30 bits per heavy atom. The van der Waals surface area contributed by atoms with Gasteiger partial charge in [0.1, 0.15) is 0 Å². The van der Waals surface area contributed by atoms with Crippen molar-refractivity contribution in [2.24, 2.45) is 0 Å². The molecule has 1 atom stereocenters. The number of hydrogen-bond acceptors (Lipinski definition) is 3. The van der Waals surface area contributed by atoms with Crippen molar-refractivity contribution < 1.29 is 4.79 Å². The van der Waals surface area contributed by atoms with Crippen LogP contribution < -0.4 is 10.9 Å². The van der Waals surface area contributed by atoms with Crippen molar-refractivity contribution in [3.05, 3.63) is 73.7 Å². The van der Waals surface area contributed by atoms with E-state index in [1.807, 2.05) is 38.1 Å². The molecule has 1 amide bonds. The van der Waals surface area contributed by atoms with E-state index in [4.69, 9.17) is 23.8 Å². The maximum Gasteiger partial charge on any atom is 0.262 e. The van der Waals surface area contributed by atoms with E-state index in [-0.39, 0.29) is 17.5 Å². The highest BCUT2D eigenvalue weighted by Gasteiger charge is 2.13. The van der Waals surface area contributed by atoms with E-state index >= 15 is 0 Å². The van der Waals surface area contributed by atoms with Gasteiger partial charge in [0.15, 0.2) is 4.77 Å². The van der Waals surface area contributed by atoms with Crippen LogP contribution in [-0.4, -0.2) is 21.5 Å². The standard InChI is InChI=1S/C20H20ClN3O2S/c1-3-24-19(26)15-9-8-14(11-17(15)23-20(24)27)18(25)22-12(2)10-13-6-4-5-7-16(13)21/h4-9,11-12H,3,10H2,1-2H3,(H,22,25)(H,23,27)/t12-/m0/s1. The molecule has 2 aromatic carbocycles. The van der Waals surface area contributed by atoms with Crippen LogP contribution in [0, 0.1) is 4.77 Å². The average molecular weight is 402 g/mol. The summed E-state index contributed by atoms with van der Waals surface area (Å²) in [4.78, 5) is 28.1. The normalized spacial score (nSPS) is 12.1. The fraction of sp³-hybridized carbons (Fsp3) is 0.250. The zero-order chi connectivity index (χ0) is 19.6. The van der Waals surface area contributed by atoms with Gasteiger partial charge in [-0.15, -0.1) is 0 Å². The van der Waals surface area contributed by atoms with Gasteiger partial charge in [0, 0.05) is 23.2 Å². The van der Waals surface area contributed by atoms with Crippen LogP contribution in [0.15, 0.2) is 47.3 Å². The maximum absolute atomic E-state index is 12.6. The first-order valence-electron chi connectivity index (χ1n) is 8.72. The Hall–Kier alpha value is -2.44. The lowest BCUT2D eigenvalue weighted by Crippen LogP contribution is -2.34. The van der Waals surface area contributed by atoms with Crippen molar-refractivity contribution in [1.82, 2.24) is 14.9 Å². The van der Waals surface area contributed by atoms with Crippen LogP contribution in [0.25, 0.3) is 10.9 Å². The summed E-state index contributed by atoms with van der Waals surface area (Å²) in [7, 11) is 0. The molecule has 5 nitrogen and oxygen atoms in total. The largest absolute Gasteiger partial charge is 0.349 e. The smallest absolute Gasteiger partial charge is 0.262 e. The van der Waals surface area contributed by atoms with E-state index in [1.54, 1.807) is 18.2 Å². The molecule has 0 saturated heterocycles. The molecular weight excluding hydrogens is 382 g/mol. The number of H-pyrrole nitrogens is 1. The summed E-state index contributed by atoms with van der Waals surface area (Å²) in [5, 5.41) is 4.16. The fourth-order valence-electron chi connectivity index (χ4n) is 3.03. The average Bonchev–Trinajstić information content (AvgIpc) is 2.63. The first-order chi connectivity index (χ1) is 12.9. The third-order valence-electron chi connectivity index (χ3n) is 4.42.